The van der Waals surface area contributed by atoms with Crippen LogP contribution in [-0.4, -0.2) is 31.1 Å². The molecule has 0 N–H and O–H groups in total. The molecule has 0 aromatic heterocycles. The summed E-state index contributed by atoms with van der Waals surface area (Å²) in [5.41, 5.74) is 1.02. The molecule has 2 aromatic carbocycles. The van der Waals surface area contributed by atoms with Crippen LogP contribution >= 0.6 is 11.6 Å². The van der Waals surface area contributed by atoms with Gasteiger partial charge in [-0.15, -0.1) is 0 Å². The Bertz CT molecular complexity index is 658. The zero-order valence-electron chi connectivity index (χ0n) is 13.5. The van der Waals surface area contributed by atoms with Gasteiger partial charge < -0.3 is 14.4 Å². The second-order valence-corrected chi connectivity index (χ2v) is 5.64. The van der Waals surface area contributed by atoms with Crippen molar-refractivity contribution in [3.63, 3.8) is 0 Å². The Labute approximate surface area is 141 Å². The average Bonchev–Trinajstić information content (AvgIpc) is 2.56. The predicted octanol–water partition coefficient (Wildman–Crippen LogP) is 3.77. The van der Waals surface area contributed by atoms with Crippen molar-refractivity contribution in [1.29, 1.82) is 0 Å². The fourth-order valence-electron chi connectivity index (χ4n) is 2.17. The number of ether oxygens (including phenoxy) is 2. The number of rotatable bonds is 6. The Balaban J connectivity index is 1.96. The molecule has 1 amide bonds. The lowest BCUT2D eigenvalue weighted by atomic mass is 10.2. The average molecular weight is 334 g/mol. The maximum Gasteiger partial charge on any atom is 0.263 e. The van der Waals surface area contributed by atoms with E-state index in [2.05, 4.69) is 0 Å². The molecule has 2 aromatic rings. The molecule has 1 atom stereocenters. The van der Waals surface area contributed by atoms with Gasteiger partial charge in [-0.25, -0.2) is 0 Å². The van der Waals surface area contributed by atoms with Gasteiger partial charge in [0.05, 0.1) is 12.1 Å². The molecule has 0 spiro atoms. The van der Waals surface area contributed by atoms with Crippen LogP contribution in [0.5, 0.6) is 11.5 Å². The highest BCUT2D eigenvalue weighted by Crippen LogP contribution is 2.24. The maximum absolute atomic E-state index is 12.4. The van der Waals surface area contributed by atoms with Crippen molar-refractivity contribution in [2.45, 2.75) is 19.6 Å². The Morgan fingerprint density at radius 2 is 1.83 bits per heavy atom. The van der Waals surface area contributed by atoms with E-state index in [9.17, 15) is 4.79 Å². The minimum Gasteiger partial charge on any atom is -0.497 e. The fourth-order valence-corrected chi connectivity index (χ4v) is 2.35. The summed E-state index contributed by atoms with van der Waals surface area (Å²) in [6.45, 7) is 2.22. The number of amides is 1. The molecule has 23 heavy (non-hydrogen) atoms. The fraction of sp³-hybridized carbons (Fsp3) is 0.278. The number of hydrogen-bond donors (Lipinski definition) is 0. The van der Waals surface area contributed by atoms with Crippen LogP contribution in [-0.2, 0) is 11.3 Å². The van der Waals surface area contributed by atoms with Gasteiger partial charge >= 0.3 is 0 Å². The molecule has 122 valence electrons. The van der Waals surface area contributed by atoms with Crippen LogP contribution in [0.1, 0.15) is 12.5 Å². The van der Waals surface area contributed by atoms with Crippen LogP contribution in [0.25, 0.3) is 0 Å². The van der Waals surface area contributed by atoms with Crippen LogP contribution in [0.15, 0.2) is 48.5 Å². The minimum atomic E-state index is -0.613. The van der Waals surface area contributed by atoms with Gasteiger partial charge in [-0.2, -0.15) is 0 Å². The van der Waals surface area contributed by atoms with Crippen molar-refractivity contribution in [2.24, 2.45) is 0 Å². The summed E-state index contributed by atoms with van der Waals surface area (Å²) < 4.78 is 10.8. The van der Waals surface area contributed by atoms with E-state index in [-0.39, 0.29) is 5.91 Å². The monoisotopic (exact) mass is 333 g/mol. The van der Waals surface area contributed by atoms with E-state index >= 15 is 0 Å². The predicted molar refractivity (Wildman–Crippen MR) is 91.0 cm³/mol. The lowest BCUT2D eigenvalue weighted by Gasteiger charge is -2.22. The Morgan fingerprint density at radius 3 is 2.43 bits per heavy atom. The van der Waals surface area contributed by atoms with E-state index in [1.807, 2.05) is 36.4 Å². The summed E-state index contributed by atoms with van der Waals surface area (Å²) in [5.74, 6) is 1.19. The first kappa shape index (κ1) is 17.2. The summed E-state index contributed by atoms with van der Waals surface area (Å²) in [4.78, 5) is 14.0. The van der Waals surface area contributed by atoms with Crippen molar-refractivity contribution in [2.75, 3.05) is 14.2 Å². The van der Waals surface area contributed by atoms with Crippen LogP contribution in [0, 0.1) is 0 Å². The number of methoxy groups -OCH3 is 1. The van der Waals surface area contributed by atoms with Gasteiger partial charge in [0, 0.05) is 13.6 Å². The third-order valence-electron chi connectivity index (χ3n) is 3.44. The molecule has 0 saturated heterocycles. The molecule has 0 radical (unpaired) electrons. The van der Waals surface area contributed by atoms with E-state index in [0.29, 0.717) is 17.3 Å². The molecule has 0 aliphatic rings. The van der Waals surface area contributed by atoms with Crippen LogP contribution in [0.4, 0.5) is 0 Å². The van der Waals surface area contributed by atoms with Crippen molar-refractivity contribution >= 4 is 17.5 Å². The largest absolute Gasteiger partial charge is 0.497 e. The molecule has 0 aliphatic carbocycles. The Morgan fingerprint density at radius 1 is 1.17 bits per heavy atom. The highest BCUT2D eigenvalue weighted by molar-refractivity contribution is 6.32. The second-order valence-electron chi connectivity index (χ2n) is 5.23. The van der Waals surface area contributed by atoms with Crippen molar-refractivity contribution in [3.8, 4) is 11.5 Å². The second kappa shape index (κ2) is 7.88. The summed E-state index contributed by atoms with van der Waals surface area (Å²) >= 11 is 6.05. The maximum atomic E-state index is 12.4. The standard InChI is InChI=1S/C18H20ClNO3/c1-13(23-17-7-5-4-6-16(17)19)18(21)20(2)12-14-8-10-15(22-3)11-9-14/h4-11,13H,12H2,1-3H3. The van der Waals surface area contributed by atoms with Crippen molar-refractivity contribution < 1.29 is 14.3 Å². The van der Waals surface area contributed by atoms with E-state index in [4.69, 9.17) is 21.1 Å². The summed E-state index contributed by atoms with van der Waals surface area (Å²) in [5, 5.41) is 0.491. The first-order valence-corrected chi connectivity index (χ1v) is 7.68. The van der Waals surface area contributed by atoms with Crippen LogP contribution in [0.3, 0.4) is 0 Å². The van der Waals surface area contributed by atoms with Gasteiger partial charge in [-0.1, -0.05) is 35.9 Å². The molecule has 1 unspecified atom stereocenters. The molecular formula is C18H20ClNO3. The van der Waals surface area contributed by atoms with Crippen molar-refractivity contribution in [3.05, 3.63) is 59.1 Å². The lowest BCUT2D eigenvalue weighted by molar-refractivity contribution is -0.137. The van der Waals surface area contributed by atoms with Crippen LogP contribution in [0.2, 0.25) is 5.02 Å². The number of halogens is 1. The van der Waals surface area contributed by atoms with E-state index in [1.54, 1.807) is 38.1 Å². The molecule has 5 heteroatoms. The van der Waals surface area contributed by atoms with E-state index in [0.717, 1.165) is 11.3 Å². The SMILES string of the molecule is COc1ccc(CN(C)C(=O)C(C)Oc2ccccc2Cl)cc1. The van der Waals surface area contributed by atoms with Gasteiger partial charge in [0.15, 0.2) is 6.10 Å². The van der Waals surface area contributed by atoms with Crippen LogP contribution < -0.4 is 9.47 Å². The number of hydrogen-bond acceptors (Lipinski definition) is 3. The smallest absolute Gasteiger partial charge is 0.263 e. The third kappa shape index (κ3) is 4.63. The number of para-hydroxylation sites is 1. The highest BCUT2D eigenvalue weighted by atomic mass is 35.5. The molecular weight excluding hydrogens is 314 g/mol. The number of nitrogens with zero attached hydrogens (tertiary/aromatic N) is 1. The van der Waals surface area contributed by atoms with E-state index < -0.39 is 6.10 Å². The quantitative estimate of drug-likeness (QED) is 0.807. The van der Waals surface area contributed by atoms with Gasteiger partial charge in [0.25, 0.3) is 5.91 Å². The number of carbonyl (C=O) groups excluding carboxylic acids is 1. The number of benzene rings is 2. The van der Waals surface area contributed by atoms with Gasteiger partial charge in [0.2, 0.25) is 0 Å². The summed E-state index contributed by atoms with van der Waals surface area (Å²) in [6, 6.07) is 14.7. The molecule has 2 rings (SSSR count). The topological polar surface area (TPSA) is 38.8 Å². The minimum absolute atomic E-state index is 0.110. The lowest BCUT2D eigenvalue weighted by Crippen LogP contribution is -2.37. The summed E-state index contributed by atoms with van der Waals surface area (Å²) in [7, 11) is 3.37. The normalized spacial score (nSPS) is 11.7. The zero-order chi connectivity index (χ0) is 16.8. The zero-order valence-corrected chi connectivity index (χ0v) is 14.2. The first-order chi connectivity index (χ1) is 11.0. The Kier molecular flexibility index (Phi) is 5.88. The Hall–Kier alpha value is -2.20. The molecule has 0 fully saturated rings. The van der Waals surface area contributed by atoms with Gasteiger partial charge in [0.1, 0.15) is 11.5 Å². The summed E-state index contributed by atoms with van der Waals surface area (Å²) in [6.07, 6.45) is -0.613. The van der Waals surface area contributed by atoms with Crippen molar-refractivity contribution in [1.82, 2.24) is 4.90 Å². The molecule has 0 heterocycles. The number of carbonyl (C=O) groups is 1. The molecule has 0 saturated carbocycles. The first-order valence-electron chi connectivity index (χ1n) is 7.30. The van der Waals surface area contributed by atoms with E-state index in [1.165, 1.54) is 0 Å². The molecule has 0 bridgehead atoms. The number of likely N-dealkylation sites (N-methyl/N-ethyl adjacent to an activating group) is 1. The molecule has 0 aliphatic heterocycles. The van der Waals surface area contributed by atoms with Gasteiger partial charge in [-0.05, 0) is 36.8 Å². The third-order valence-corrected chi connectivity index (χ3v) is 3.76. The van der Waals surface area contributed by atoms with Gasteiger partial charge in [-0.3, -0.25) is 4.79 Å². The highest BCUT2D eigenvalue weighted by Gasteiger charge is 2.20. The molecule has 4 nitrogen and oxygen atoms in total.